The minimum atomic E-state index is -0.0670. The monoisotopic (exact) mass is 340 g/mol. The number of carbonyl (C=O) groups excluding carboxylic acids is 2. The smallest absolute Gasteiger partial charge is 0.289 e. The Morgan fingerprint density at radius 3 is 2.44 bits per heavy atom. The molecule has 2 aliphatic rings. The first kappa shape index (κ1) is 16.2. The summed E-state index contributed by atoms with van der Waals surface area (Å²) in [4.78, 5) is 29.1. The van der Waals surface area contributed by atoms with Gasteiger partial charge in [-0.05, 0) is 44.2 Å². The number of fused-ring (bicyclic) bond motifs is 1. The number of piperidine rings is 1. The number of likely N-dealkylation sites (tertiary alicyclic amines) is 2. The molecule has 0 bridgehead atoms. The van der Waals surface area contributed by atoms with Gasteiger partial charge in [0.2, 0.25) is 5.91 Å². The molecule has 1 aromatic heterocycles. The van der Waals surface area contributed by atoms with E-state index in [1.54, 1.807) is 0 Å². The van der Waals surface area contributed by atoms with E-state index in [1.807, 2.05) is 41.0 Å². The van der Waals surface area contributed by atoms with Crippen molar-refractivity contribution in [3.63, 3.8) is 0 Å². The Morgan fingerprint density at radius 1 is 1.04 bits per heavy atom. The average Bonchev–Trinajstić information content (AvgIpc) is 3.31. The van der Waals surface area contributed by atoms with Crippen LogP contribution in [-0.2, 0) is 4.79 Å². The minimum absolute atomic E-state index is 0.0670. The molecule has 132 valence electrons. The molecule has 0 atom stereocenters. The molecule has 0 aliphatic carbocycles. The van der Waals surface area contributed by atoms with E-state index in [1.165, 1.54) is 0 Å². The summed E-state index contributed by atoms with van der Waals surface area (Å²) in [6.45, 7) is 5.03. The SMILES string of the molecule is Cc1cccc2cc(C(=O)N3CCC(C(=O)N4CCCC4)CC3)oc12. The number of furan rings is 1. The van der Waals surface area contributed by atoms with Crippen LogP contribution in [0.1, 0.15) is 41.8 Å². The minimum Gasteiger partial charge on any atom is -0.451 e. The number of hydrogen-bond acceptors (Lipinski definition) is 3. The van der Waals surface area contributed by atoms with Crippen LogP contribution >= 0.6 is 0 Å². The number of nitrogens with zero attached hydrogens (tertiary/aromatic N) is 2. The maximum atomic E-state index is 12.8. The van der Waals surface area contributed by atoms with Gasteiger partial charge in [-0.3, -0.25) is 9.59 Å². The molecule has 4 rings (SSSR count). The maximum Gasteiger partial charge on any atom is 0.289 e. The van der Waals surface area contributed by atoms with E-state index in [2.05, 4.69) is 0 Å². The number of para-hydroxylation sites is 1. The van der Waals surface area contributed by atoms with Gasteiger partial charge < -0.3 is 14.2 Å². The number of benzene rings is 1. The predicted molar refractivity (Wildman–Crippen MR) is 95.4 cm³/mol. The lowest BCUT2D eigenvalue weighted by Crippen LogP contribution is -2.43. The summed E-state index contributed by atoms with van der Waals surface area (Å²) >= 11 is 0. The first-order chi connectivity index (χ1) is 12.1. The van der Waals surface area contributed by atoms with Crippen molar-refractivity contribution in [3.8, 4) is 0 Å². The Kier molecular flexibility index (Phi) is 4.24. The highest BCUT2D eigenvalue weighted by atomic mass is 16.3. The molecule has 0 unspecified atom stereocenters. The van der Waals surface area contributed by atoms with Crippen molar-refractivity contribution in [2.24, 2.45) is 5.92 Å². The van der Waals surface area contributed by atoms with Crippen LogP contribution in [0.15, 0.2) is 28.7 Å². The second-order valence-corrected chi connectivity index (χ2v) is 7.20. The van der Waals surface area contributed by atoms with Gasteiger partial charge in [-0.15, -0.1) is 0 Å². The molecule has 2 aromatic rings. The van der Waals surface area contributed by atoms with Crippen molar-refractivity contribution in [3.05, 3.63) is 35.6 Å². The highest BCUT2D eigenvalue weighted by Gasteiger charge is 2.32. The lowest BCUT2D eigenvalue weighted by atomic mass is 9.95. The van der Waals surface area contributed by atoms with E-state index in [4.69, 9.17) is 4.42 Å². The molecule has 0 radical (unpaired) electrons. The Morgan fingerprint density at radius 2 is 1.76 bits per heavy atom. The Bertz CT molecular complexity index is 796. The van der Waals surface area contributed by atoms with Gasteiger partial charge in [0.05, 0.1) is 0 Å². The van der Waals surface area contributed by atoms with Gasteiger partial charge in [0.1, 0.15) is 5.58 Å². The van der Waals surface area contributed by atoms with Crippen LogP contribution < -0.4 is 0 Å². The molecule has 2 saturated heterocycles. The van der Waals surface area contributed by atoms with Gasteiger partial charge >= 0.3 is 0 Å². The topological polar surface area (TPSA) is 53.8 Å². The van der Waals surface area contributed by atoms with Gasteiger partial charge in [-0.25, -0.2) is 0 Å². The summed E-state index contributed by atoms with van der Waals surface area (Å²) < 4.78 is 5.80. The van der Waals surface area contributed by atoms with E-state index >= 15 is 0 Å². The van der Waals surface area contributed by atoms with Crippen molar-refractivity contribution in [2.45, 2.75) is 32.6 Å². The highest BCUT2D eigenvalue weighted by molar-refractivity contribution is 5.96. The van der Waals surface area contributed by atoms with Crippen molar-refractivity contribution >= 4 is 22.8 Å². The number of amides is 2. The third-order valence-corrected chi connectivity index (χ3v) is 5.50. The largest absolute Gasteiger partial charge is 0.451 e. The van der Waals surface area contributed by atoms with Crippen LogP contribution in [0.25, 0.3) is 11.0 Å². The molecular weight excluding hydrogens is 316 g/mol. The molecule has 3 heterocycles. The summed E-state index contributed by atoms with van der Waals surface area (Å²) in [5.41, 5.74) is 1.82. The van der Waals surface area contributed by atoms with Crippen molar-refractivity contribution < 1.29 is 14.0 Å². The van der Waals surface area contributed by atoms with Crippen LogP contribution in [0, 0.1) is 12.8 Å². The first-order valence-corrected chi connectivity index (χ1v) is 9.21. The van der Waals surface area contributed by atoms with Crippen LogP contribution in [0.3, 0.4) is 0 Å². The summed E-state index contributed by atoms with van der Waals surface area (Å²) in [6.07, 6.45) is 3.74. The zero-order chi connectivity index (χ0) is 17.4. The van der Waals surface area contributed by atoms with Gasteiger partial charge in [0.15, 0.2) is 5.76 Å². The van der Waals surface area contributed by atoms with Crippen LogP contribution in [-0.4, -0.2) is 47.8 Å². The van der Waals surface area contributed by atoms with Gasteiger partial charge in [0.25, 0.3) is 5.91 Å². The molecule has 2 aliphatic heterocycles. The summed E-state index contributed by atoms with van der Waals surface area (Å²) in [5.74, 6) is 0.681. The molecule has 1 aromatic carbocycles. The average molecular weight is 340 g/mol. The normalized spacial score (nSPS) is 18.9. The first-order valence-electron chi connectivity index (χ1n) is 9.21. The number of carbonyl (C=O) groups is 2. The number of aryl methyl sites for hydroxylation is 1. The lowest BCUT2D eigenvalue weighted by Gasteiger charge is -2.32. The van der Waals surface area contributed by atoms with Gasteiger partial charge in [-0.1, -0.05) is 18.2 Å². The zero-order valence-corrected chi connectivity index (χ0v) is 14.7. The molecule has 5 nitrogen and oxygen atoms in total. The Hall–Kier alpha value is -2.30. The second-order valence-electron chi connectivity index (χ2n) is 7.20. The molecule has 0 spiro atoms. The van der Waals surface area contributed by atoms with Crippen molar-refractivity contribution in [1.29, 1.82) is 0 Å². The maximum absolute atomic E-state index is 12.8. The molecule has 0 N–H and O–H groups in total. The Balaban J connectivity index is 1.42. The molecule has 25 heavy (non-hydrogen) atoms. The van der Waals surface area contributed by atoms with Crippen LogP contribution in [0.5, 0.6) is 0 Å². The predicted octanol–water partition coefficient (Wildman–Crippen LogP) is 3.22. The summed E-state index contributed by atoms with van der Waals surface area (Å²) in [5, 5.41) is 0.961. The van der Waals surface area contributed by atoms with Crippen molar-refractivity contribution in [1.82, 2.24) is 9.80 Å². The number of rotatable bonds is 2. The second kappa shape index (κ2) is 6.54. The van der Waals surface area contributed by atoms with E-state index < -0.39 is 0 Å². The van der Waals surface area contributed by atoms with E-state index in [-0.39, 0.29) is 17.7 Å². The van der Waals surface area contributed by atoms with E-state index in [0.29, 0.717) is 18.8 Å². The molecule has 2 amide bonds. The van der Waals surface area contributed by atoms with Crippen molar-refractivity contribution in [2.75, 3.05) is 26.2 Å². The highest BCUT2D eigenvalue weighted by Crippen LogP contribution is 2.26. The number of hydrogen-bond donors (Lipinski definition) is 0. The van der Waals surface area contributed by atoms with Gasteiger partial charge in [0, 0.05) is 37.5 Å². The third kappa shape index (κ3) is 3.03. The van der Waals surface area contributed by atoms with E-state index in [0.717, 1.165) is 55.3 Å². The zero-order valence-electron chi connectivity index (χ0n) is 14.7. The fourth-order valence-electron chi connectivity index (χ4n) is 4.00. The quantitative estimate of drug-likeness (QED) is 0.843. The molecular formula is C20H24N2O3. The molecule has 5 heteroatoms. The third-order valence-electron chi connectivity index (χ3n) is 5.50. The fraction of sp³-hybridized carbons (Fsp3) is 0.500. The lowest BCUT2D eigenvalue weighted by molar-refractivity contribution is -0.135. The van der Waals surface area contributed by atoms with Crippen LogP contribution in [0.4, 0.5) is 0 Å². The van der Waals surface area contributed by atoms with E-state index in [9.17, 15) is 9.59 Å². The molecule has 0 saturated carbocycles. The molecule has 2 fully saturated rings. The summed E-state index contributed by atoms with van der Waals surface area (Å²) in [6, 6.07) is 7.74. The van der Waals surface area contributed by atoms with Crippen LogP contribution in [0.2, 0.25) is 0 Å². The Labute approximate surface area is 147 Å². The standard InChI is InChI=1S/C20H24N2O3/c1-14-5-4-6-16-13-17(25-18(14)16)20(24)22-11-7-15(8-12-22)19(23)21-9-2-3-10-21/h4-6,13,15H,2-3,7-12H2,1H3. The summed E-state index contributed by atoms with van der Waals surface area (Å²) in [7, 11) is 0. The van der Waals surface area contributed by atoms with Gasteiger partial charge in [-0.2, -0.15) is 0 Å². The fourth-order valence-corrected chi connectivity index (χ4v) is 4.00.